The van der Waals surface area contributed by atoms with Crippen LogP contribution < -0.4 is 0 Å². The van der Waals surface area contributed by atoms with Crippen LogP contribution in [0.2, 0.25) is 0 Å². The summed E-state index contributed by atoms with van der Waals surface area (Å²) in [6, 6.07) is 10.6. The van der Waals surface area contributed by atoms with Crippen LogP contribution in [0.1, 0.15) is 38.2 Å². The van der Waals surface area contributed by atoms with Crippen LogP contribution in [0, 0.1) is 5.92 Å². The van der Waals surface area contributed by atoms with Crippen LogP contribution in [-0.2, 0) is 4.74 Å². The number of alkyl halides is 1. The Morgan fingerprint density at radius 1 is 1.18 bits per heavy atom. The van der Waals surface area contributed by atoms with Crippen molar-refractivity contribution in [2.45, 2.75) is 32.6 Å². The highest BCUT2D eigenvalue weighted by molar-refractivity contribution is 9.09. The summed E-state index contributed by atoms with van der Waals surface area (Å²) >= 11 is 3.57. The highest BCUT2D eigenvalue weighted by Crippen LogP contribution is 2.19. The first-order valence-corrected chi connectivity index (χ1v) is 7.58. The van der Waals surface area contributed by atoms with Gasteiger partial charge in [0.15, 0.2) is 0 Å². The van der Waals surface area contributed by atoms with Crippen LogP contribution in [0.3, 0.4) is 0 Å². The molecule has 0 radical (unpaired) electrons. The first-order chi connectivity index (χ1) is 8.27. The Hall–Kier alpha value is -0.340. The molecule has 1 aromatic carbocycles. The largest absolute Gasteiger partial charge is 0.381 e. The van der Waals surface area contributed by atoms with E-state index < -0.39 is 0 Å². The number of ether oxygens (including phenoxy) is 1. The smallest absolute Gasteiger partial charge is 0.0542 e. The van der Waals surface area contributed by atoms with Crippen molar-refractivity contribution in [3.05, 3.63) is 35.9 Å². The van der Waals surface area contributed by atoms with E-state index in [-0.39, 0.29) is 0 Å². The quantitative estimate of drug-likeness (QED) is 0.637. The number of hydrogen-bond donors (Lipinski definition) is 0. The zero-order valence-corrected chi connectivity index (χ0v) is 12.4. The van der Waals surface area contributed by atoms with Gasteiger partial charge in [-0.1, -0.05) is 66.5 Å². The molecule has 1 rings (SSSR count). The van der Waals surface area contributed by atoms with Crippen molar-refractivity contribution in [2.75, 3.05) is 18.5 Å². The first-order valence-electron chi connectivity index (χ1n) is 6.46. The predicted octanol–water partition coefficient (Wildman–Crippen LogP) is 4.62. The molecule has 0 spiro atoms. The summed E-state index contributed by atoms with van der Waals surface area (Å²) in [6.45, 7) is 6.17. The minimum absolute atomic E-state index is 0.463. The molecule has 2 unspecified atom stereocenters. The van der Waals surface area contributed by atoms with Gasteiger partial charge >= 0.3 is 0 Å². The van der Waals surface area contributed by atoms with Crippen molar-refractivity contribution in [1.82, 2.24) is 0 Å². The summed E-state index contributed by atoms with van der Waals surface area (Å²) in [7, 11) is 0. The maximum atomic E-state index is 5.83. The highest BCUT2D eigenvalue weighted by atomic mass is 79.9. The third-order valence-corrected chi connectivity index (χ3v) is 3.74. The molecule has 0 N–H and O–H groups in total. The van der Waals surface area contributed by atoms with Crippen molar-refractivity contribution in [3.8, 4) is 0 Å². The molecular weight excluding hydrogens is 276 g/mol. The molecule has 2 atom stereocenters. The lowest BCUT2D eigenvalue weighted by Crippen LogP contribution is -2.13. The van der Waals surface area contributed by atoms with Crippen LogP contribution in [0.4, 0.5) is 0 Å². The summed E-state index contributed by atoms with van der Waals surface area (Å²) in [4.78, 5) is 0. The fourth-order valence-electron chi connectivity index (χ4n) is 1.94. The number of halogens is 1. The van der Waals surface area contributed by atoms with Gasteiger partial charge < -0.3 is 4.74 Å². The van der Waals surface area contributed by atoms with Crippen LogP contribution in [-0.4, -0.2) is 18.5 Å². The van der Waals surface area contributed by atoms with E-state index >= 15 is 0 Å². The third kappa shape index (κ3) is 5.69. The standard InChI is InChI=1S/C15H23BrO/c1-3-7-13(2)11-17-12-15(10-16)14-8-5-4-6-9-14/h4-6,8-9,13,15H,3,7,10-12H2,1-2H3. The van der Waals surface area contributed by atoms with Crippen LogP contribution in [0.5, 0.6) is 0 Å². The summed E-state index contributed by atoms with van der Waals surface area (Å²) in [5, 5.41) is 0.958. The predicted molar refractivity (Wildman–Crippen MR) is 77.9 cm³/mol. The van der Waals surface area contributed by atoms with Crippen molar-refractivity contribution in [2.24, 2.45) is 5.92 Å². The van der Waals surface area contributed by atoms with Gasteiger partial charge in [0.2, 0.25) is 0 Å². The molecule has 17 heavy (non-hydrogen) atoms. The molecule has 0 aromatic heterocycles. The van der Waals surface area contributed by atoms with E-state index in [1.54, 1.807) is 0 Å². The van der Waals surface area contributed by atoms with E-state index in [0.29, 0.717) is 11.8 Å². The maximum Gasteiger partial charge on any atom is 0.0542 e. The van der Waals surface area contributed by atoms with Crippen LogP contribution >= 0.6 is 15.9 Å². The fraction of sp³-hybridized carbons (Fsp3) is 0.600. The normalized spacial score (nSPS) is 14.5. The van der Waals surface area contributed by atoms with Gasteiger partial charge in [-0.25, -0.2) is 0 Å². The van der Waals surface area contributed by atoms with E-state index in [1.807, 2.05) is 0 Å². The summed E-state index contributed by atoms with van der Waals surface area (Å²) in [5.41, 5.74) is 1.35. The van der Waals surface area contributed by atoms with Crippen molar-refractivity contribution < 1.29 is 4.74 Å². The number of benzene rings is 1. The number of rotatable bonds is 8. The Kier molecular flexibility index (Phi) is 7.54. The van der Waals surface area contributed by atoms with Gasteiger partial charge in [0, 0.05) is 17.9 Å². The second-order valence-corrected chi connectivity index (χ2v) is 5.34. The van der Waals surface area contributed by atoms with Gasteiger partial charge in [-0.3, -0.25) is 0 Å². The zero-order chi connectivity index (χ0) is 12.5. The summed E-state index contributed by atoms with van der Waals surface area (Å²) in [6.07, 6.45) is 2.50. The molecule has 0 bridgehead atoms. The van der Waals surface area contributed by atoms with Crippen molar-refractivity contribution >= 4 is 15.9 Å². The SMILES string of the molecule is CCCC(C)COCC(CBr)c1ccccc1. The lowest BCUT2D eigenvalue weighted by atomic mass is 10.0. The second-order valence-electron chi connectivity index (χ2n) is 4.69. The highest BCUT2D eigenvalue weighted by Gasteiger charge is 2.10. The Labute approximate surface area is 114 Å². The topological polar surface area (TPSA) is 9.23 Å². The van der Waals surface area contributed by atoms with Gasteiger partial charge in [-0.15, -0.1) is 0 Å². The van der Waals surface area contributed by atoms with Crippen molar-refractivity contribution in [1.29, 1.82) is 0 Å². The van der Waals surface area contributed by atoms with E-state index in [9.17, 15) is 0 Å². The molecule has 0 aliphatic carbocycles. The molecule has 1 nitrogen and oxygen atoms in total. The third-order valence-electron chi connectivity index (χ3n) is 2.96. The average molecular weight is 299 g/mol. The maximum absolute atomic E-state index is 5.83. The first kappa shape index (κ1) is 14.7. The van der Waals surface area contributed by atoms with Gasteiger partial charge in [0.1, 0.15) is 0 Å². The van der Waals surface area contributed by atoms with E-state index in [4.69, 9.17) is 4.74 Å². The molecule has 2 heteroatoms. The Morgan fingerprint density at radius 2 is 1.88 bits per heavy atom. The summed E-state index contributed by atoms with van der Waals surface area (Å²) in [5.74, 6) is 1.14. The second kappa shape index (κ2) is 8.71. The molecule has 0 amide bonds. The molecule has 96 valence electrons. The monoisotopic (exact) mass is 298 g/mol. The molecule has 1 aromatic rings. The van der Waals surface area contributed by atoms with Crippen molar-refractivity contribution in [3.63, 3.8) is 0 Å². The molecule has 0 saturated carbocycles. The lowest BCUT2D eigenvalue weighted by Gasteiger charge is -2.17. The number of hydrogen-bond acceptors (Lipinski definition) is 1. The Morgan fingerprint density at radius 3 is 2.47 bits per heavy atom. The van der Waals surface area contributed by atoms with Gasteiger partial charge in [-0.05, 0) is 17.9 Å². The Bertz CT molecular complexity index is 286. The fourth-order valence-corrected chi connectivity index (χ4v) is 2.50. The van der Waals surface area contributed by atoms with Crippen LogP contribution in [0.25, 0.3) is 0 Å². The zero-order valence-electron chi connectivity index (χ0n) is 10.9. The van der Waals surface area contributed by atoms with E-state index in [2.05, 4.69) is 60.1 Å². The molecule has 0 saturated heterocycles. The molecule has 0 aliphatic rings. The molecular formula is C15H23BrO. The minimum Gasteiger partial charge on any atom is -0.381 e. The summed E-state index contributed by atoms with van der Waals surface area (Å²) < 4.78 is 5.83. The Balaban J connectivity index is 2.33. The minimum atomic E-state index is 0.463. The molecule has 0 aliphatic heterocycles. The van der Waals surface area contributed by atoms with Gasteiger partial charge in [0.05, 0.1) is 6.61 Å². The molecule has 0 heterocycles. The van der Waals surface area contributed by atoms with Crippen LogP contribution in [0.15, 0.2) is 30.3 Å². The van der Waals surface area contributed by atoms with Gasteiger partial charge in [-0.2, -0.15) is 0 Å². The van der Waals surface area contributed by atoms with Gasteiger partial charge in [0.25, 0.3) is 0 Å². The average Bonchev–Trinajstić information content (AvgIpc) is 2.36. The molecule has 0 fully saturated rings. The van der Waals surface area contributed by atoms with E-state index in [0.717, 1.165) is 18.5 Å². The van der Waals surface area contributed by atoms with E-state index in [1.165, 1.54) is 18.4 Å². The lowest BCUT2D eigenvalue weighted by molar-refractivity contribution is 0.0938.